The van der Waals surface area contributed by atoms with Crippen molar-refractivity contribution >= 4 is 31.4 Å². The average molecular weight is 287 g/mol. The minimum absolute atomic E-state index is 0.0365. The van der Waals surface area contributed by atoms with E-state index in [1.807, 2.05) is 6.92 Å². The fourth-order valence-corrected chi connectivity index (χ4v) is 4.27. The summed E-state index contributed by atoms with van der Waals surface area (Å²) < 4.78 is 38.4. The van der Waals surface area contributed by atoms with Crippen LogP contribution in [0, 0.1) is 0 Å². The Morgan fingerprint density at radius 1 is 1.39 bits per heavy atom. The Labute approximate surface area is 110 Å². The zero-order valence-corrected chi connectivity index (χ0v) is 11.6. The van der Waals surface area contributed by atoms with Crippen LogP contribution in [-0.2, 0) is 9.84 Å². The monoisotopic (exact) mass is 287 g/mol. The highest BCUT2D eigenvalue weighted by Crippen LogP contribution is 2.29. The van der Waals surface area contributed by atoms with Crippen LogP contribution in [0.25, 0.3) is 10.2 Å². The maximum absolute atomic E-state index is 13.8. The minimum Gasteiger partial charge on any atom is -0.230 e. The topological polar surface area (TPSA) is 47.0 Å². The number of thiazole rings is 1. The van der Waals surface area contributed by atoms with Crippen LogP contribution >= 0.6 is 11.3 Å². The highest BCUT2D eigenvalue weighted by atomic mass is 32.2. The third-order valence-electron chi connectivity index (χ3n) is 2.64. The Bertz CT molecular complexity index is 603. The van der Waals surface area contributed by atoms with Crippen LogP contribution in [-0.4, -0.2) is 18.9 Å². The molecule has 1 aromatic heterocycles. The molecule has 2 aromatic rings. The summed E-state index contributed by atoms with van der Waals surface area (Å²) in [6.07, 6.45) is 1.37. The van der Waals surface area contributed by atoms with Crippen molar-refractivity contribution in [2.24, 2.45) is 0 Å². The molecular formula is C12H14FNO2S2. The lowest BCUT2D eigenvalue weighted by atomic mass is 10.3. The van der Waals surface area contributed by atoms with Crippen LogP contribution < -0.4 is 0 Å². The normalized spacial score (nSPS) is 13.9. The number of aromatic nitrogens is 1. The molecule has 0 saturated carbocycles. The molecule has 0 bridgehead atoms. The summed E-state index contributed by atoms with van der Waals surface area (Å²) >= 11 is 1.03. The van der Waals surface area contributed by atoms with Gasteiger partial charge in [-0.2, -0.15) is 0 Å². The number of unbranched alkanes of at least 4 members (excludes halogenated alkanes) is 1. The highest BCUT2D eigenvalue weighted by molar-refractivity contribution is 7.93. The van der Waals surface area contributed by atoms with E-state index in [1.54, 1.807) is 24.3 Å². The van der Waals surface area contributed by atoms with Crippen LogP contribution in [0.15, 0.2) is 28.6 Å². The zero-order chi connectivity index (χ0) is 13.2. The van der Waals surface area contributed by atoms with Crippen molar-refractivity contribution in [3.63, 3.8) is 0 Å². The van der Waals surface area contributed by atoms with Crippen molar-refractivity contribution in [2.45, 2.75) is 36.0 Å². The molecule has 3 nitrogen and oxygen atoms in total. The second-order valence-electron chi connectivity index (χ2n) is 4.04. The number of rotatable bonds is 5. The quantitative estimate of drug-likeness (QED) is 0.844. The summed E-state index contributed by atoms with van der Waals surface area (Å²) in [5.41, 5.74) is -1.25. The van der Waals surface area contributed by atoms with Gasteiger partial charge < -0.3 is 0 Å². The number of nitrogens with zero attached hydrogens (tertiary/aromatic N) is 1. The van der Waals surface area contributed by atoms with E-state index < -0.39 is 15.3 Å². The molecule has 0 aliphatic heterocycles. The molecule has 1 aromatic carbocycles. The molecule has 2 rings (SSSR count). The van der Waals surface area contributed by atoms with Crippen molar-refractivity contribution < 1.29 is 12.8 Å². The lowest BCUT2D eigenvalue weighted by Crippen LogP contribution is -2.16. The third kappa shape index (κ3) is 2.54. The largest absolute Gasteiger partial charge is 0.237 e. The van der Waals surface area contributed by atoms with Gasteiger partial charge in [0, 0.05) is 0 Å². The highest BCUT2D eigenvalue weighted by Gasteiger charge is 2.29. The first kappa shape index (κ1) is 13.4. The van der Waals surface area contributed by atoms with Crippen LogP contribution in [0.3, 0.4) is 0 Å². The molecule has 0 aliphatic rings. The smallest absolute Gasteiger partial charge is 0.230 e. The standard InChI is InChI=1S/C12H14FNO2S2/c1-2-3-8-11(13)18(15,16)12-14-9-6-4-5-7-10(9)17-12/h4-7,11H,2-3,8H2,1H3/t11-/m1/s1. The number of hydrogen-bond acceptors (Lipinski definition) is 4. The van der Waals surface area contributed by atoms with Crippen LogP contribution in [0.1, 0.15) is 26.2 Å². The zero-order valence-electron chi connectivity index (χ0n) is 9.97. The summed E-state index contributed by atoms with van der Waals surface area (Å²) in [6, 6.07) is 7.10. The summed E-state index contributed by atoms with van der Waals surface area (Å²) in [6.45, 7) is 1.90. The number of halogens is 1. The van der Waals surface area contributed by atoms with E-state index in [0.717, 1.165) is 22.5 Å². The van der Waals surface area contributed by atoms with Gasteiger partial charge in [-0.1, -0.05) is 25.5 Å². The lowest BCUT2D eigenvalue weighted by Gasteiger charge is -2.05. The summed E-state index contributed by atoms with van der Waals surface area (Å²) in [4.78, 5) is 4.00. The van der Waals surface area contributed by atoms with Crippen molar-refractivity contribution in [1.82, 2.24) is 4.98 Å². The molecule has 0 amide bonds. The van der Waals surface area contributed by atoms with E-state index in [0.29, 0.717) is 11.9 Å². The van der Waals surface area contributed by atoms with Gasteiger partial charge in [0.25, 0.3) is 0 Å². The second-order valence-corrected chi connectivity index (χ2v) is 7.32. The van der Waals surface area contributed by atoms with Gasteiger partial charge in [-0.15, -0.1) is 11.3 Å². The van der Waals surface area contributed by atoms with E-state index in [4.69, 9.17) is 0 Å². The number of alkyl halides is 1. The maximum atomic E-state index is 13.8. The Balaban J connectivity index is 2.34. The van der Waals surface area contributed by atoms with E-state index >= 15 is 0 Å². The van der Waals surface area contributed by atoms with Gasteiger partial charge in [0.2, 0.25) is 19.7 Å². The molecule has 0 unspecified atom stereocenters. The van der Waals surface area contributed by atoms with Crippen molar-refractivity contribution in [1.29, 1.82) is 0 Å². The molecular weight excluding hydrogens is 273 g/mol. The van der Waals surface area contributed by atoms with Crippen LogP contribution in [0.2, 0.25) is 0 Å². The predicted octanol–water partition coefficient (Wildman–Crippen LogP) is 3.56. The van der Waals surface area contributed by atoms with Crippen LogP contribution in [0.4, 0.5) is 4.39 Å². The fraction of sp³-hybridized carbons (Fsp3) is 0.417. The molecule has 0 saturated heterocycles. The number of hydrogen-bond donors (Lipinski definition) is 0. The van der Waals surface area contributed by atoms with E-state index in [2.05, 4.69) is 4.98 Å². The minimum atomic E-state index is -3.93. The molecule has 1 heterocycles. The first-order chi connectivity index (χ1) is 8.55. The van der Waals surface area contributed by atoms with Crippen molar-refractivity contribution in [2.75, 3.05) is 0 Å². The van der Waals surface area contributed by atoms with E-state index in [1.165, 1.54) is 0 Å². The number of para-hydroxylation sites is 1. The van der Waals surface area contributed by atoms with Gasteiger partial charge in [-0.3, -0.25) is 0 Å². The number of fused-ring (bicyclic) bond motifs is 1. The summed E-state index contributed by atoms with van der Waals surface area (Å²) in [5, 5.41) is 0. The molecule has 0 radical (unpaired) electrons. The molecule has 18 heavy (non-hydrogen) atoms. The van der Waals surface area contributed by atoms with E-state index in [-0.39, 0.29) is 10.8 Å². The molecule has 0 fully saturated rings. The van der Waals surface area contributed by atoms with Crippen LogP contribution in [0.5, 0.6) is 0 Å². The SMILES string of the molecule is CCCC[C@H](F)S(=O)(=O)c1nc2ccccc2s1. The Morgan fingerprint density at radius 2 is 2.11 bits per heavy atom. The number of benzene rings is 1. The molecule has 1 atom stereocenters. The van der Waals surface area contributed by atoms with E-state index in [9.17, 15) is 12.8 Å². The second kappa shape index (κ2) is 5.32. The summed E-state index contributed by atoms with van der Waals surface area (Å²) in [5.74, 6) is 0. The maximum Gasteiger partial charge on any atom is 0.237 e. The van der Waals surface area contributed by atoms with Gasteiger partial charge in [-0.25, -0.2) is 17.8 Å². The molecule has 6 heteroatoms. The van der Waals surface area contributed by atoms with Gasteiger partial charge in [0.1, 0.15) is 0 Å². The average Bonchev–Trinajstić information content (AvgIpc) is 2.80. The van der Waals surface area contributed by atoms with Gasteiger partial charge >= 0.3 is 0 Å². The molecule has 0 spiro atoms. The Hall–Kier alpha value is -1.01. The first-order valence-corrected chi connectivity index (χ1v) is 8.15. The lowest BCUT2D eigenvalue weighted by molar-refractivity contribution is 0.390. The number of sulfone groups is 1. The third-order valence-corrected chi connectivity index (χ3v) is 5.90. The molecule has 98 valence electrons. The Morgan fingerprint density at radius 3 is 2.78 bits per heavy atom. The van der Waals surface area contributed by atoms with Gasteiger partial charge in [-0.05, 0) is 25.0 Å². The molecule has 0 aliphatic carbocycles. The molecule has 0 N–H and O–H groups in total. The Kier molecular flexibility index (Phi) is 3.97. The van der Waals surface area contributed by atoms with Crippen molar-refractivity contribution in [3.05, 3.63) is 24.3 Å². The van der Waals surface area contributed by atoms with Gasteiger partial charge in [0.05, 0.1) is 10.2 Å². The van der Waals surface area contributed by atoms with Gasteiger partial charge in [0.15, 0.2) is 0 Å². The summed E-state index contributed by atoms with van der Waals surface area (Å²) in [7, 11) is -3.93. The predicted molar refractivity (Wildman–Crippen MR) is 71.2 cm³/mol. The first-order valence-electron chi connectivity index (χ1n) is 5.79. The fourth-order valence-electron chi connectivity index (χ4n) is 1.60. The van der Waals surface area contributed by atoms with Crippen molar-refractivity contribution in [3.8, 4) is 0 Å².